The molecule has 6 heteroatoms. The third kappa shape index (κ3) is 2.50. The maximum atomic E-state index is 12.7. The third-order valence-corrected chi connectivity index (χ3v) is 4.61. The van der Waals surface area contributed by atoms with Crippen molar-refractivity contribution in [2.45, 2.75) is 18.5 Å². The van der Waals surface area contributed by atoms with E-state index in [1.807, 2.05) is 18.2 Å². The van der Waals surface area contributed by atoms with Crippen LogP contribution in [0, 0.1) is 0 Å². The van der Waals surface area contributed by atoms with Gasteiger partial charge >= 0.3 is 0 Å². The highest BCUT2D eigenvalue weighted by molar-refractivity contribution is 6.02. The van der Waals surface area contributed by atoms with Gasteiger partial charge in [0, 0.05) is 30.2 Å². The average Bonchev–Trinajstić information content (AvgIpc) is 2.62. The van der Waals surface area contributed by atoms with Gasteiger partial charge in [-0.3, -0.25) is 14.6 Å². The molecule has 2 N–H and O–H groups in total. The van der Waals surface area contributed by atoms with Crippen molar-refractivity contribution in [1.82, 2.24) is 15.2 Å². The Morgan fingerprint density at radius 2 is 1.92 bits per heavy atom. The number of para-hydroxylation sites is 1. The summed E-state index contributed by atoms with van der Waals surface area (Å²) in [7, 11) is 0. The van der Waals surface area contributed by atoms with Crippen LogP contribution in [0.5, 0.6) is 0 Å². The van der Waals surface area contributed by atoms with Crippen LogP contribution in [0.25, 0.3) is 0 Å². The van der Waals surface area contributed by atoms with Gasteiger partial charge in [-0.25, -0.2) is 0 Å². The van der Waals surface area contributed by atoms with Gasteiger partial charge < -0.3 is 15.5 Å². The van der Waals surface area contributed by atoms with E-state index in [9.17, 15) is 9.59 Å². The zero-order chi connectivity index (χ0) is 16.6. The zero-order valence-corrected chi connectivity index (χ0v) is 13.2. The minimum Gasteiger partial charge on any atom is -0.361 e. The Hall–Kier alpha value is -2.89. The van der Waals surface area contributed by atoms with Gasteiger partial charge in [0.05, 0.1) is 12.1 Å². The van der Waals surface area contributed by atoms with Crippen molar-refractivity contribution in [3.05, 3.63) is 59.9 Å². The number of anilines is 1. The first kappa shape index (κ1) is 14.7. The van der Waals surface area contributed by atoms with E-state index in [-0.39, 0.29) is 11.8 Å². The number of hydrogen-bond donors (Lipinski definition) is 2. The van der Waals surface area contributed by atoms with Gasteiger partial charge in [-0.1, -0.05) is 12.1 Å². The summed E-state index contributed by atoms with van der Waals surface area (Å²) in [6.07, 6.45) is 4.84. The molecular formula is C18H18N4O2. The molecule has 1 saturated heterocycles. The van der Waals surface area contributed by atoms with Crippen LogP contribution in [0.2, 0.25) is 0 Å². The molecule has 6 nitrogen and oxygen atoms in total. The number of rotatable bonds is 1. The van der Waals surface area contributed by atoms with Gasteiger partial charge in [0.25, 0.3) is 11.8 Å². The number of likely N-dealkylation sites (tertiary alicyclic amines) is 1. The summed E-state index contributed by atoms with van der Waals surface area (Å²) in [6.45, 7) is 1.12. The number of benzene rings is 1. The smallest absolute Gasteiger partial charge is 0.255 e. The van der Waals surface area contributed by atoms with Crippen LogP contribution in [0.1, 0.15) is 33.6 Å². The second kappa shape index (κ2) is 5.63. The third-order valence-electron chi connectivity index (χ3n) is 4.61. The van der Waals surface area contributed by atoms with Gasteiger partial charge in [-0.2, -0.15) is 0 Å². The molecule has 1 aromatic carbocycles. The molecule has 2 aliphatic rings. The summed E-state index contributed by atoms with van der Waals surface area (Å²) < 4.78 is 0. The Morgan fingerprint density at radius 1 is 1.12 bits per heavy atom. The normalized spacial score (nSPS) is 22.5. The number of hydrogen-bond acceptors (Lipinski definition) is 4. The summed E-state index contributed by atoms with van der Waals surface area (Å²) in [5.74, 6) is -0.131. The van der Waals surface area contributed by atoms with E-state index in [2.05, 4.69) is 15.6 Å². The van der Waals surface area contributed by atoms with E-state index in [1.165, 1.54) is 0 Å². The van der Waals surface area contributed by atoms with Crippen LogP contribution in [0.15, 0.2) is 48.8 Å². The van der Waals surface area contributed by atoms with E-state index in [0.29, 0.717) is 24.2 Å². The van der Waals surface area contributed by atoms with E-state index >= 15 is 0 Å². The van der Waals surface area contributed by atoms with Crippen LogP contribution in [-0.4, -0.2) is 40.5 Å². The maximum Gasteiger partial charge on any atom is 0.255 e. The van der Waals surface area contributed by atoms with E-state index in [4.69, 9.17) is 0 Å². The molecule has 4 rings (SSSR count). The molecule has 0 aliphatic carbocycles. The van der Waals surface area contributed by atoms with Crippen molar-refractivity contribution in [2.75, 3.05) is 18.4 Å². The minimum atomic E-state index is -0.605. The number of aromatic nitrogens is 1. The first-order valence-corrected chi connectivity index (χ1v) is 8.06. The van der Waals surface area contributed by atoms with Crippen LogP contribution < -0.4 is 10.6 Å². The van der Waals surface area contributed by atoms with Gasteiger partial charge in [0.15, 0.2) is 0 Å². The van der Waals surface area contributed by atoms with Crippen LogP contribution in [0.3, 0.4) is 0 Å². The Bertz CT molecular complexity index is 793. The first-order valence-electron chi connectivity index (χ1n) is 8.06. The molecule has 1 fully saturated rings. The predicted octanol–water partition coefficient (Wildman–Crippen LogP) is 1.87. The molecule has 1 spiro atoms. The Balaban J connectivity index is 1.59. The Morgan fingerprint density at radius 3 is 2.75 bits per heavy atom. The summed E-state index contributed by atoms with van der Waals surface area (Å²) in [5, 5.41) is 6.51. The largest absolute Gasteiger partial charge is 0.361 e. The molecule has 2 aliphatic heterocycles. The van der Waals surface area contributed by atoms with Crippen LogP contribution >= 0.6 is 0 Å². The lowest BCUT2D eigenvalue weighted by atomic mass is 9.93. The molecule has 122 valence electrons. The molecule has 24 heavy (non-hydrogen) atoms. The molecule has 2 amide bonds. The summed E-state index contributed by atoms with van der Waals surface area (Å²) in [6, 6.07) is 10.9. The molecular weight excluding hydrogens is 304 g/mol. The summed E-state index contributed by atoms with van der Waals surface area (Å²) >= 11 is 0. The van der Waals surface area contributed by atoms with Gasteiger partial charge in [-0.15, -0.1) is 0 Å². The Kier molecular flexibility index (Phi) is 3.45. The fourth-order valence-corrected chi connectivity index (χ4v) is 3.47. The molecule has 0 saturated carbocycles. The fourth-order valence-electron chi connectivity index (χ4n) is 3.47. The highest BCUT2D eigenvalue weighted by Crippen LogP contribution is 2.30. The molecule has 0 bridgehead atoms. The maximum absolute atomic E-state index is 12.7. The number of amides is 2. The second-order valence-electron chi connectivity index (χ2n) is 6.27. The number of fused-ring (bicyclic) bond motifs is 1. The molecule has 1 atom stereocenters. The number of piperidine rings is 1. The van der Waals surface area contributed by atoms with E-state index in [0.717, 1.165) is 18.5 Å². The van der Waals surface area contributed by atoms with Crippen molar-refractivity contribution in [3.8, 4) is 0 Å². The molecule has 1 aromatic heterocycles. The summed E-state index contributed by atoms with van der Waals surface area (Å²) in [5.41, 5.74) is 1.47. The number of carbonyl (C=O) groups is 2. The quantitative estimate of drug-likeness (QED) is 0.840. The molecule has 3 heterocycles. The van der Waals surface area contributed by atoms with Crippen LogP contribution in [0.4, 0.5) is 5.69 Å². The molecule has 2 aromatic rings. The minimum absolute atomic E-state index is 0.0358. The van der Waals surface area contributed by atoms with E-state index < -0.39 is 5.66 Å². The highest BCUT2D eigenvalue weighted by Gasteiger charge is 2.42. The van der Waals surface area contributed by atoms with Crippen LogP contribution in [-0.2, 0) is 0 Å². The van der Waals surface area contributed by atoms with Gasteiger partial charge in [0.2, 0.25) is 0 Å². The predicted molar refractivity (Wildman–Crippen MR) is 89.6 cm³/mol. The van der Waals surface area contributed by atoms with Crippen molar-refractivity contribution in [1.29, 1.82) is 0 Å². The van der Waals surface area contributed by atoms with Crippen molar-refractivity contribution < 1.29 is 9.59 Å². The lowest BCUT2D eigenvalue weighted by Crippen LogP contribution is -2.66. The molecule has 0 radical (unpaired) electrons. The SMILES string of the molecule is O=C1N[C@@]2(CCCN(C(=O)c3ccncc3)C2)Nc2ccccc21. The van der Waals surface area contributed by atoms with E-state index in [1.54, 1.807) is 35.5 Å². The zero-order valence-electron chi connectivity index (χ0n) is 13.2. The lowest BCUT2D eigenvalue weighted by Gasteiger charge is -2.46. The lowest BCUT2D eigenvalue weighted by molar-refractivity contribution is 0.0592. The summed E-state index contributed by atoms with van der Waals surface area (Å²) in [4.78, 5) is 30.9. The monoisotopic (exact) mass is 322 g/mol. The van der Waals surface area contributed by atoms with Crippen molar-refractivity contribution in [3.63, 3.8) is 0 Å². The van der Waals surface area contributed by atoms with Crippen molar-refractivity contribution in [2.24, 2.45) is 0 Å². The van der Waals surface area contributed by atoms with Gasteiger partial charge in [0.1, 0.15) is 5.66 Å². The standard InChI is InChI=1S/C18H18N4O2/c23-16-14-4-1-2-5-15(14)20-18(21-16)8-3-11-22(12-18)17(24)13-6-9-19-10-7-13/h1-2,4-7,9-10,20H,3,8,11-12H2,(H,21,23)/t18-/m1/s1. The van der Waals surface area contributed by atoms with Gasteiger partial charge in [-0.05, 0) is 37.1 Å². The number of nitrogens with zero attached hydrogens (tertiary/aromatic N) is 2. The Labute approximate surface area is 139 Å². The fraction of sp³-hybridized carbons (Fsp3) is 0.278. The molecule has 0 unspecified atom stereocenters. The number of nitrogens with one attached hydrogen (secondary N) is 2. The average molecular weight is 322 g/mol. The highest BCUT2D eigenvalue weighted by atomic mass is 16.2. The second-order valence-corrected chi connectivity index (χ2v) is 6.27. The number of carbonyl (C=O) groups excluding carboxylic acids is 2. The topological polar surface area (TPSA) is 74.3 Å². The first-order chi connectivity index (χ1) is 11.7. The van der Waals surface area contributed by atoms with Crippen molar-refractivity contribution >= 4 is 17.5 Å². The number of pyridine rings is 1.